The van der Waals surface area contributed by atoms with Crippen LogP contribution in [0.5, 0.6) is 0 Å². The van der Waals surface area contributed by atoms with Crippen LogP contribution in [0.15, 0.2) is 0 Å². The molecule has 0 rings (SSSR count). The average Bonchev–Trinajstić information content (AvgIpc) is 2.26. The first kappa shape index (κ1) is 14.9. The zero-order valence-electron chi connectivity index (χ0n) is 10.5. The molecule has 0 amide bonds. The largest absolute Gasteiger partial charge is 0.383 e. The molecule has 0 fully saturated rings. The number of rotatable bonds is 12. The summed E-state index contributed by atoms with van der Waals surface area (Å²) in [6.45, 7) is 7.42. The highest BCUT2D eigenvalue weighted by Crippen LogP contribution is 1.96. The van der Waals surface area contributed by atoms with Crippen molar-refractivity contribution in [1.29, 1.82) is 0 Å². The molecule has 0 spiro atoms. The van der Waals surface area contributed by atoms with Crippen LogP contribution in [0.1, 0.15) is 39.0 Å². The predicted octanol–water partition coefficient (Wildman–Crippen LogP) is 1.78. The summed E-state index contributed by atoms with van der Waals surface area (Å²) in [6, 6.07) is 0. The van der Waals surface area contributed by atoms with E-state index in [1.165, 1.54) is 38.6 Å². The zero-order chi connectivity index (χ0) is 11.2. The minimum absolute atomic E-state index is 0.810. The third kappa shape index (κ3) is 13.9. The maximum Gasteiger partial charge on any atom is 0.0587 e. The Labute approximate surface area is 95.0 Å². The highest BCUT2D eigenvalue weighted by molar-refractivity contribution is 4.52. The molecule has 0 aromatic rings. The van der Waals surface area contributed by atoms with E-state index in [0.717, 1.165) is 26.2 Å². The molecule has 0 aliphatic carbocycles. The summed E-state index contributed by atoms with van der Waals surface area (Å²) >= 11 is 0. The number of nitrogens with one attached hydrogen (secondary N) is 2. The fourth-order valence-electron chi connectivity index (χ4n) is 1.44. The van der Waals surface area contributed by atoms with Crippen molar-refractivity contribution in [3.05, 3.63) is 0 Å². The highest BCUT2D eigenvalue weighted by atomic mass is 16.5. The third-order valence-corrected chi connectivity index (χ3v) is 2.40. The van der Waals surface area contributed by atoms with Gasteiger partial charge in [0.25, 0.3) is 0 Å². The molecule has 0 radical (unpaired) electrons. The van der Waals surface area contributed by atoms with Crippen molar-refractivity contribution in [2.75, 3.05) is 39.9 Å². The van der Waals surface area contributed by atoms with Crippen molar-refractivity contribution in [3.63, 3.8) is 0 Å². The Morgan fingerprint density at radius 2 is 1.47 bits per heavy atom. The minimum Gasteiger partial charge on any atom is -0.383 e. The summed E-state index contributed by atoms with van der Waals surface area (Å²) in [7, 11) is 1.74. The maximum absolute atomic E-state index is 4.95. The summed E-state index contributed by atoms with van der Waals surface area (Å²) < 4.78 is 4.95. The van der Waals surface area contributed by atoms with Crippen molar-refractivity contribution in [1.82, 2.24) is 10.6 Å². The van der Waals surface area contributed by atoms with E-state index in [4.69, 9.17) is 4.74 Å². The summed E-state index contributed by atoms with van der Waals surface area (Å²) in [5.41, 5.74) is 0. The maximum atomic E-state index is 4.95. The monoisotopic (exact) mass is 216 g/mol. The van der Waals surface area contributed by atoms with Crippen LogP contribution in [0, 0.1) is 0 Å². The van der Waals surface area contributed by atoms with Crippen molar-refractivity contribution < 1.29 is 4.74 Å². The Morgan fingerprint density at radius 3 is 2.13 bits per heavy atom. The third-order valence-electron chi connectivity index (χ3n) is 2.40. The second-order valence-corrected chi connectivity index (χ2v) is 3.91. The molecule has 0 atom stereocenters. The van der Waals surface area contributed by atoms with E-state index in [1.807, 2.05) is 0 Å². The van der Waals surface area contributed by atoms with Gasteiger partial charge in [-0.3, -0.25) is 0 Å². The van der Waals surface area contributed by atoms with Crippen molar-refractivity contribution in [2.45, 2.75) is 39.0 Å². The van der Waals surface area contributed by atoms with Gasteiger partial charge in [0.1, 0.15) is 0 Å². The molecule has 0 aliphatic heterocycles. The van der Waals surface area contributed by atoms with Gasteiger partial charge < -0.3 is 15.4 Å². The van der Waals surface area contributed by atoms with Gasteiger partial charge in [0.15, 0.2) is 0 Å². The molecular formula is C12H28N2O. The smallest absolute Gasteiger partial charge is 0.0587 e. The van der Waals surface area contributed by atoms with E-state index in [1.54, 1.807) is 7.11 Å². The number of hydrogen-bond donors (Lipinski definition) is 2. The Kier molecular flexibility index (Phi) is 13.8. The van der Waals surface area contributed by atoms with Gasteiger partial charge >= 0.3 is 0 Å². The standard InChI is InChI=1S/C12H28N2O/c1-3-4-5-6-8-13-9-7-10-14-11-12-15-2/h13-14H,3-12H2,1-2H3. The fourth-order valence-corrected chi connectivity index (χ4v) is 1.44. The van der Waals surface area contributed by atoms with Crippen LogP contribution in [-0.2, 0) is 4.74 Å². The lowest BCUT2D eigenvalue weighted by Gasteiger charge is -2.05. The molecule has 0 aromatic carbocycles. The minimum atomic E-state index is 0.810. The Hall–Kier alpha value is -0.120. The second-order valence-electron chi connectivity index (χ2n) is 3.91. The molecule has 0 bridgehead atoms. The molecule has 3 heteroatoms. The first-order chi connectivity index (χ1) is 7.41. The molecule has 15 heavy (non-hydrogen) atoms. The van der Waals surface area contributed by atoms with Gasteiger partial charge in [-0.2, -0.15) is 0 Å². The van der Waals surface area contributed by atoms with E-state index >= 15 is 0 Å². The number of hydrogen-bond acceptors (Lipinski definition) is 3. The van der Waals surface area contributed by atoms with Gasteiger partial charge in [-0.05, 0) is 32.5 Å². The Balaban J connectivity index is 2.81. The lowest BCUT2D eigenvalue weighted by atomic mass is 10.2. The lowest BCUT2D eigenvalue weighted by Crippen LogP contribution is -2.24. The molecular weight excluding hydrogens is 188 g/mol. The lowest BCUT2D eigenvalue weighted by molar-refractivity contribution is 0.199. The van der Waals surface area contributed by atoms with Gasteiger partial charge in [-0.25, -0.2) is 0 Å². The SMILES string of the molecule is CCCCCCNCCCNCCOC. The Bertz CT molecular complexity index is 97.8. The summed E-state index contributed by atoms with van der Waals surface area (Å²) in [4.78, 5) is 0. The first-order valence-corrected chi connectivity index (χ1v) is 6.32. The van der Waals surface area contributed by atoms with E-state index in [-0.39, 0.29) is 0 Å². The van der Waals surface area contributed by atoms with Crippen molar-refractivity contribution in [3.8, 4) is 0 Å². The van der Waals surface area contributed by atoms with Crippen LogP contribution in [0.4, 0.5) is 0 Å². The van der Waals surface area contributed by atoms with E-state index in [9.17, 15) is 0 Å². The molecule has 0 unspecified atom stereocenters. The molecule has 3 nitrogen and oxygen atoms in total. The highest BCUT2D eigenvalue weighted by Gasteiger charge is 1.90. The number of unbranched alkanes of at least 4 members (excludes halogenated alkanes) is 3. The van der Waals surface area contributed by atoms with Crippen LogP contribution in [0.2, 0.25) is 0 Å². The van der Waals surface area contributed by atoms with Crippen LogP contribution in [0.3, 0.4) is 0 Å². The van der Waals surface area contributed by atoms with Crippen LogP contribution in [-0.4, -0.2) is 39.9 Å². The predicted molar refractivity (Wildman–Crippen MR) is 66.4 cm³/mol. The van der Waals surface area contributed by atoms with Crippen molar-refractivity contribution in [2.24, 2.45) is 0 Å². The summed E-state index contributed by atoms with van der Waals surface area (Å²) in [6.07, 6.45) is 6.60. The Morgan fingerprint density at radius 1 is 0.800 bits per heavy atom. The van der Waals surface area contributed by atoms with Crippen LogP contribution >= 0.6 is 0 Å². The van der Waals surface area contributed by atoms with E-state index in [0.29, 0.717) is 0 Å². The van der Waals surface area contributed by atoms with Crippen LogP contribution < -0.4 is 10.6 Å². The normalized spacial score (nSPS) is 10.8. The number of methoxy groups -OCH3 is 1. The topological polar surface area (TPSA) is 33.3 Å². The molecule has 0 saturated carbocycles. The molecule has 0 saturated heterocycles. The van der Waals surface area contributed by atoms with Crippen molar-refractivity contribution >= 4 is 0 Å². The fraction of sp³-hybridized carbons (Fsp3) is 1.00. The molecule has 0 heterocycles. The zero-order valence-corrected chi connectivity index (χ0v) is 10.5. The van der Waals surface area contributed by atoms with Gasteiger partial charge in [-0.1, -0.05) is 26.2 Å². The second kappa shape index (κ2) is 13.9. The van der Waals surface area contributed by atoms with Gasteiger partial charge in [0.2, 0.25) is 0 Å². The molecule has 92 valence electrons. The number of ether oxygens (including phenoxy) is 1. The summed E-state index contributed by atoms with van der Waals surface area (Å²) in [5, 5.41) is 6.80. The molecule has 0 aliphatic rings. The van der Waals surface area contributed by atoms with Gasteiger partial charge in [0, 0.05) is 13.7 Å². The molecule has 0 aromatic heterocycles. The average molecular weight is 216 g/mol. The van der Waals surface area contributed by atoms with Gasteiger partial charge in [0.05, 0.1) is 6.61 Å². The van der Waals surface area contributed by atoms with Gasteiger partial charge in [-0.15, -0.1) is 0 Å². The van der Waals surface area contributed by atoms with Crippen LogP contribution in [0.25, 0.3) is 0 Å². The van der Waals surface area contributed by atoms with E-state index in [2.05, 4.69) is 17.6 Å². The summed E-state index contributed by atoms with van der Waals surface area (Å²) in [5.74, 6) is 0. The van der Waals surface area contributed by atoms with E-state index < -0.39 is 0 Å². The first-order valence-electron chi connectivity index (χ1n) is 6.32. The quantitative estimate of drug-likeness (QED) is 0.488. The molecule has 2 N–H and O–H groups in total.